The highest BCUT2D eigenvalue weighted by molar-refractivity contribution is 7.06. The number of piperidine rings is 1. The van der Waals surface area contributed by atoms with E-state index >= 15 is 0 Å². The molecule has 1 aliphatic rings. The van der Waals surface area contributed by atoms with Crippen LogP contribution in [-0.2, 0) is 6.54 Å². The minimum absolute atomic E-state index is 0.211. The van der Waals surface area contributed by atoms with Crippen LogP contribution in [0, 0.1) is 6.92 Å². The fourth-order valence-electron chi connectivity index (χ4n) is 3.93. The summed E-state index contributed by atoms with van der Waals surface area (Å²) >= 11 is 1.45. The number of pyridine rings is 1. The number of aromatic amines is 1. The molecule has 1 saturated heterocycles. The molecule has 9 heteroatoms. The molecule has 30 heavy (non-hydrogen) atoms. The number of carbonyl (C=O) groups excluding carboxylic acids is 1. The fraction of sp³-hybridized carbons (Fsp3) is 0.429. The Morgan fingerprint density at radius 1 is 1.33 bits per heavy atom. The van der Waals surface area contributed by atoms with Crippen molar-refractivity contribution >= 4 is 23.4 Å². The van der Waals surface area contributed by atoms with Gasteiger partial charge in [-0.1, -0.05) is 6.07 Å². The van der Waals surface area contributed by atoms with Gasteiger partial charge in [-0.3, -0.25) is 10.2 Å². The van der Waals surface area contributed by atoms with E-state index in [1.807, 2.05) is 19.2 Å². The second kappa shape index (κ2) is 9.36. The third-order valence-corrected chi connectivity index (χ3v) is 6.18. The number of carbonyl (C=O) groups is 1. The highest BCUT2D eigenvalue weighted by Gasteiger charge is 2.23. The molecule has 2 amide bonds. The molecular formula is C21H27N7OS. The summed E-state index contributed by atoms with van der Waals surface area (Å²) in [5, 5.41) is 5.48. The maximum absolute atomic E-state index is 11.6. The number of hydrogen-bond donors (Lipinski definition) is 3. The highest BCUT2D eigenvalue weighted by Crippen LogP contribution is 2.31. The van der Waals surface area contributed by atoms with Gasteiger partial charge in [0, 0.05) is 36.1 Å². The molecule has 0 radical (unpaired) electrons. The lowest BCUT2D eigenvalue weighted by Gasteiger charge is -2.32. The third kappa shape index (κ3) is 4.85. The molecule has 0 saturated carbocycles. The minimum Gasteiger partial charge on any atom is -0.343 e. The zero-order valence-corrected chi connectivity index (χ0v) is 18.1. The molecule has 0 unspecified atom stereocenters. The molecule has 158 valence electrons. The van der Waals surface area contributed by atoms with Gasteiger partial charge in [-0.2, -0.15) is 4.37 Å². The van der Waals surface area contributed by atoms with Crippen LogP contribution in [0.1, 0.15) is 41.8 Å². The Kier molecular flexibility index (Phi) is 6.39. The lowest BCUT2D eigenvalue weighted by molar-refractivity contribution is 0.206. The van der Waals surface area contributed by atoms with Crippen molar-refractivity contribution < 1.29 is 4.79 Å². The van der Waals surface area contributed by atoms with E-state index in [2.05, 4.69) is 48.9 Å². The average molecular weight is 426 g/mol. The van der Waals surface area contributed by atoms with Gasteiger partial charge in [0.2, 0.25) is 0 Å². The highest BCUT2D eigenvalue weighted by atomic mass is 32.1. The second-order valence-electron chi connectivity index (χ2n) is 7.52. The predicted octanol–water partition coefficient (Wildman–Crippen LogP) is 3.76. The van der Waals surface area contributed by atoms with Crippen LogP contribution in [0.5, 0.6) is 0 Å². The Morgan fingerprint density at radius 2 is 2.17 bits per heavy atom. The molecule has 0 spiro atoms. The first kappa shape index (κ1) is 20.5. The molecule has 4 rings (SSSR count). The van der Waals surface area contributed by atoms with Crippen molar-refractivity contribution in [1.29, 1.82) is 0 Å². The first-order valence-corrected chi connectivity index (χ1v) is 11.1. The molecule has 3 N–H and O–H groups in total. The molecular weight excluding hydrogens is 398 g/mol. The molecule has 0 aromatic carbocycles. The largest absolute Gasteiger partial charge is 0.343 e. The van der Waals surface area contributed by atoms with E-state index in [4.69, 9.17) is 4.98 Å². The smallest absolute Gasteiger partial charge is 0.320 e. The lowest BCUT2D eigenvalue weighted by atomic mass is 9.88. The standard InChI is InChI=1S/C21H27N7OS/c1-3-22-21(29)26-19-12-16(30-27-19)13-28-10-6-15(7-11-28)17-4-5-18(25-14(17)2)20-23-8-9-24-20/h4-5,8-9,12,15H,3,6-7,10-11,13H2,1-2H3,(H,23,24)(H2,22,26,27,29). The molecule has 3 aromatic heterocycles. The van der Waals surface area contributed by atoms with Crippen LogP contribution in [0.25, 0.3) is 11.5 Å². The second-order valence-corrected chi connectivity index (χ2v) is 8.41. The van der Waals surface area contributed by atoms with Gasteiger partial charge in [-0.15, -0.1) is 0 Å². The van der Waals surface area contributed by atoms with Crippen LogP contribution in [0.3, 0.4) is 0 Å². The number of rotatable bonds is 6. The Hall–Kier alpha value is -2.78. The summed E-state index contributed by atoms with van der Waals surface area (Å²) < 4.78 is 4.33. The number of nitrogens with one attached hydrogen (secondary N) is 3. The van der Waals surface area contributed by atoms with E-state index in [1.165, 1.54) is 22.0 Å². The Bertz CT molecular complexity index is 977. The van der Waals surface area contributed by atoms with Crippen LogP contribution in [0.2, 0.25) is 0 Å². The van der Waals surface area contributed by atoms with Crippen molar-refractivity contribution in [2.75, 3.05) is 25.0 Å². The summed E-state index contributed by atoms with van der Waals surface area (Å²) in [6.07, 6.45) is 5.80. The zero-order chi connectivity index (χ0) is 20.9. The third-order valence-electron chi connectivity index (χ3n) is 5.41. The number of amides is 2. The van der Waals surface area contributed by atoms with Gasteiger partial charge in [0.1, 0.15) is 11.5 Å². The van der Waals surface area contributed by atoms with Crippen molar-refractivity contribution in [1.82, 2.24) is 29.5 Å². The van der Waals surface area contributed by atoms with Gasteiger partial charge < -0.3 is 10.3 Å². The van der Waals surface area contributed by atoms with Gasteiger partial charge in [0.15, 0.2) is 5.82 Å². The molecule has 8 nitrogen and oxygen atoms in total. The van der Waals surface area contributed by atoms with Crippen LogP contribution in [-0.4, -0.2) is 49.9 Å². The normalized spacial score (nSPS) is 15.3. The summed E-state index contributed by atoms with van der Waals surface area (Å²) in [5.74, 6) is 1.97. The summed E-state index contributed by atoms with van der Waals surface area (Å²) in [4.78, 5) is 27.4. The SMILES string of the molecule is CCNC(=O)Nc1cc(CN2CCC(c3ccc(-c4ncc[nH]4)nc3C)CC2)sn1. The molecule has 3 aromatic rings. The molecule has 0 bridgehead atoms. The Labute approximate surface area is 180 Å². The number of imidazole rings is 1. The molecule has 0 aliphatic carbocycles. The van der Waals surface area contributed by atoms with E-state index < -0.39 is 0 Å². The fourth-order valence-corrected chi connectivity index (χ4v) is 4.65. The summed E-state index contributed by atoms with van der Waals surface area (Å²) in [7, 11) is 0. The van der Waals surface area contributed by atoms with Gasteiger partial charge in [0.05, 0.1) is 0 Å². The maximum Gasteiger partial charge on any atom is 0.320 e. The monoisotopic (exact) mass is 425 g/mol. The predicted molar refractivity (Wildman–Crippen MR) is 119 cm³/mol. The van der Waals surface area contributed by atoms with Crippen LogP contribution < -0.4 is 10.6 Å². The number of H-pyrrole nitrogens is 1. The number of aromatic nitrogens is 4. The van der Waals surface area contributed by atoms with Crippen molar-refractivity contribution in [2.45, 2.75) is 39.2 Å². The topological polar surface area (TPSA) is 98.8 Å². The molecule has 0 atom stereocenters. The van der Waals surface area contributed by atoms with E-state index in [0.29, 0.717) is 18.3 Å². The first-order valence-electron chi connectivity index (χ1n) is 10.3. The molecule has 4 heterocycles. The van der Waals surface area contributed by atoms with Crippen LogP contribution in [0.15, 0.2) is 30.6 Å². The van der Waals surface area contributed by atoms with E-state index in [-0.39, 0.29) is 6.03 Å². The van der Waals surface area contributed by atoms with Crippen molar-refractivity contribution in [3.8, 4) is 11.5 Å². The maximum atomic E-state index is 11.6. The summed E-state index contributed by atoms with van der Waals surface area (Å²) in [6, 6.07) is 6.03. The number of nitrogens with zero attached hydrogens (tertiary/aromatic N) is 4. The number of hydrogen-bond acceptors (Lipinski definition) is 6. The van der Waals surface area contributed by atoms with E-state index in [9.17, 15) is 4.79 Å². The van der Waals surface area contributed by atoms with Crippen LogP contribution in [0.4, 0.5) is 10.6 Å². The quantitative estimate of drug-likeness (QED) is 0.559. The Morgan fingerprint density at radius 3 is 2.87 bits per heavy atom. The van der Waals surface area contributed by atoms with Crippen molar-refractivity contribution in [3.05, 3.63) is 46.7 Å². The number of anilines is 1. The molecule has 1 fully saturated rings. The zero-order valence-electron chi connectivity index (χ0n) is 17.3. The minimum atomic E-state index is -0.211. The van der Waals surface area contributed by atoms with E-state index in [1.54, 1.807) is 6.20 Å². The Balaban J connectivity index is 1.31. The van der Waals surface area contributed by atoms with E-state index in [0.717, 1.165) is 49.7 Å². The van der Waals surface area contributed by atoms with Crippen molar-refractivity contribution in [3.63, 3.8) is 0 Å². The van der Waals surface area contributed by atoms with Gasteiger partial charge in [-0.25, -0.2) is 14.8 Å². The lowest BCUT2D eigenvalue weighted by Crippen LogP contribution is -2.32. The number of urea groups is 1. The van der Waals surface area contributed by atoms with Crippen molar-refractivity contribution in [2.24, 2.45) is 0 Å². The first-order chi connectivity index (χ1) is 14.6. The van der Waals surface area contributed by atoms with Crippen LogP contribution >= 0.6 is 11.5 Å². The average Bonchev–Trinajstić information content (AvgIpc) is 3.41. The van der Waals surface area contributed by atoms with Gasteiger partial charge in [0.25, 0.3) is 0 Å². The number of aryl methyl sites for hydroxylation is 1. The van der Waals surface area contributed by atoms with Gasteiger partial charge >= 0.3 is 6.03 Å². The number of likely N-dealkylation sites (tertiary alicyclic amines) is 1. The van der Waals surface area contributed by atoms with Gasteiger partial charge in [-0.05, 0) is 74.9 Å². The summed E-state index contributed by atoms with van der Waals surface area (Å²) in [5.41, 5.74) is 3.32. The summed E-state index contributed by atoms with van der Waals surface area (Å²) in [6.45, 7) is 7.53. The molecule has 1 aliphatic heterocycles.